The van der Waals surface area contributed by atoms with Crippen LogP contribution in [0.3, 0.4) is 0 Å². The zero-order valence-corrected chi connectivity index (χ0v) is 22.5. The lowest BCUT2D eigenvalue weighted by Gasteiger charge is -2.60. The molecule has 35 heavy (non-hydrogen) atoms. The summed E-state index contributed by atoms with van der Waals surface area (Å²) in [5, 5.41) is 7.91. The van der Waals surface area contributed by atoms with Gasteiger partial charge in [-0.05, 0) is 106 Å². The number of piperidine rings is 1. The number of ketones is 1. The van der Waals surface area contributed by atoms with E-state index in [1.807, 2.05) is 7.05 Å². The quantitative estimate of drug-likeness (QED) is 0.310. The van der Waals surface area contributed by atoms with Gasteiger partial charge in [0.15, 0.2) is 0 Å². The Labute approximate surface area is 212 Å². The number of nitrogens with zero attached hydrogens (tertiary/aromatic N) is 2. The second-order valence-electron chi connectivity index (χ2n) is 13.2. The van der Waals surface area contributed by atoms with E-state index in [0.717, 1.165) is 62.1 Å². The van der Waals surface area contributed by atoms with E-state index in [2.05, 4.69) is 31.2 Å². The van der Waals surface area contributed by atoms with Gasteiger partial charge in [-0.1, -0.05) is 25.4 Å². The fraction of sp³-hybridized carbons (Fsp3) is 0.897. The van der Waals surface area contributed by atoms with E-state index in [1.54, 1.807) is 4.90 Å². The predicted octanol–water partition coefficient (Wildman–Crippen LogP) is 5.80. The Morgan fingerprint density at radius 3 is 2.63 bits per heavy atom. The Balaban J connectivity index is 1.22. The van der Waals surface area contributed by atoms with Crippen molar-refractivity contribution in [2.75, 3.05) is 20.1 Å². The third kappa shape index (κ3) is 4.57. The molecular formula is C29H47N3O3. The van der Waals surface area contributed by atoms with E-state index in [-0.39, 0.29) is 11.5 Å². The second kappa shape index (κ2) is 9.79. The number of hydrogen-bond donors (Lipinski definition) is 1. The van der Waals surface area contributed by atoms with Crippen LogP contribution in [0.15, 0.2) is 5.16 Å². The number of fused-ring (bicyclic) bond motifs is 5. The van der Waals surface area contributed by atoms with E-state index in [1.165, 1.54) is 44.9 Å². The Hall–Kier alpha value is -1.43. The Bertz CT molecular complexity index is 852. The van der Waals surface area contributed by atoms with Crippen LogP contribution in [0, 0.1) is 40.4 Å². The predicted molar refractivity (Wildman–Crippen MR) is 138 cm³/mol. The molecule has 0 aromatic heterocycles. The molecule has 5 aliphatic rings. The van der Waals surface area contributed by atoms with Gasteiger partial charge in [0.1, 0.15) is 5.78 Å². The molecule has 196 valence electrons. The number of oxime groups is 1. The minimum absolute atomic E-state index is 0.243. The number of nitrogens with one attached hydrogen (secondary N) is 1. The van der Waals surface area contributed by atoms with Gasteiger partial charge < -0.3 is 10.2 Å². The van der Waals surface area contributed by atoms with E-state index in [9.17, 15) is 9.59 Å². The second-order valence-corrected chi connectivity index (χ2v) is 13.2. The molecule has 0 bridgehead atoms. The molecule has 6 heteroatoms. The van der Waals surface area contributed by atoms with Crippen LogP contribution in [0.5, 0.6) is 0 Å². The topological polar surface area (TPSA) is 71.0 Å². The van der Waals surface area contributed by atoms with Crippen molar-refractivity contribution in [2.45, 2.75) is 104 Å². The van der Waals surface area contributed by atoms with Crippen molar-refractivity contribution in [1.29, 1.82) is 0 Å². The van der Waals surface area contributed by atoms with Crippen molar-refractivity contribution in [3.8, 4) is 0 Å². The van der Waals surface area contributed by atoms with Gasteiger partial charge in [-0.2, -0.15) is 0 Å². The summed E-state index contributed by atoms with van der Waals surface area (Å²) >= 11 is 0. The van der Waals surface area contributed by atoms with Crippen LogP contribution in [0.1, 0.15) is 97.8 Å². The number of hydrogen-bond acceptors (Lipinski definition) is 5. The summed E-state index contributed by atoms with van der Waals surface area (Å²) in [5.41, 5.74) is 1.59. The summed E-state index contributed by atoms with van der Waals surface area (Å²) in [4.78, 5) is 31.9. The summed E-state index contributed by atoms with van der Waals surface area (Å²) in [6.45, 7) is 8.79. The molecule has 1 amide bonds. The average molecular weight is 486 g/mol. The summed E-state index contributed by atoms with van der Waals surface area (Å²) < 4.78 is 0. The molecule has 0 radical (unpaired) electrons. The van der Waals surface area contributed by atoms with Crippen molar-refractivity contribution in [3.63, 3.8) is 0 Å². The first-order valence-corrected chi connectivity index (χ1v) is 14.4. The lowest BCUT2D eigenvalue weighted by molar-refractivity contribution is -0.138. The average Bonchev–Trinajstić information content (AvgIpc) is 3.20. The third-order valence-electron chi connectivity index (χ3n) is 11.5. The summed E-state index contributed by atoms with van der Waals surface area (Å²) in [7, 11) is 1.81. The van der Waals surface area contributed by atoms with Crippen molar-refractivity contribution in [3.05, 3.63) is 0 Å². The van der Waals surface area contributed by atoms with Crippen LogP contribution in [0.4, 0.5) is 4.79 Å². The molecule has 1 N–H and O–H groups in total. The van der Waals surface area contributed by atoms with Gasteiger partial charge in [0, 0.05) is 38.4 Å². The number of rotatable bonds is 4. The lowest BCUT2D eigenvalue weighted by atomic mass is 9.44. The molecular weight excluding hydrogens is 438 g/mol. The minimum atomic E-state index is -0.349. The third-order valence-corrected chi connectivity index (χ3v) is 11.5. The number of likely N-dealkylation sites (N-methyl/N-ethyl adjacent to an activating group) is 1. The van der Waals surface area contributed by atoms with E-state index >= 15 is 0 Å². The Morgan fingerprint density at radius 1 is 1.06 bits per heavy atom. The zero-order valence-electron chi connectivity index (χ0n) is 22.5. The molecule has 0 aromatic rings. The smallest absolute Gasteiger partial charge is 0.312 e. The van der Waals surface area contributed by atoms with Crippen molar-refractivity contribution in [2.24, 2.45) is 45.6 Å². The van der Waals surface area contributed by atoms with Crippen molar-refractivity contribution in [1.82, 2.24) is 10.2 Å². The maximum Gasteiger partial charge on any atom is 0.435 e. The van der Waals surface area contributed by atoms with E-state index in [0.29, 0.717) is 35.6 Å². The SMILES string of the molecule is C/C(=N\OC(=O)N(C)CC1CCCCN1)[C@H]1CC[C@H]2[C@@H]3CC[C@@H]4CC(=O)CC[C@]4(C)[C@H]3CC[C@]12C. The summed E-state index contributed by atoms with van der Waals surface area (Å²) in [5.74, 6) is 3.76. The fourth-order valence-corrected chi connectivity index (χ4v) is 9.46. The molecule has 1 saturated heterocycles. The highest BCUT2D eigenvalue weighted by Crippen LogP contribution is 2.67. The van der Waals surface area contributed by atoms with Gasteiger partial charge in [0.25, 0.3) is 0 Å². The van der Waals surface area contributed by atoms with Gasteiger partial charge in [0.2, 0.25) is 0 Å². The highest BCUT2D eigenvalue weighted by molar-refractivity contribution is 5.85. The van der Waals surface area contributed by atoms with E-state index < -0.39 is 0 Å². The van der Waals surface area contributed by atoms with Gasteiger partial charge in [-0.25, -0.2) is 4.79 Å². The molecule has 5 fully saturated rings. The van der Waals surface area contributed by atoms with Gasteiger partial charge in [-0.3, -0.25) is 9.63 Å². The highest BCUT2D eigenvalue weighted by atomic mass is 16.7. The summed E-state index contributed by atoms with van der Waals surface area (Å²) in [6, 6.07) is 0.357. The summed E-state index contributed by atoms with van der Waals surface area (Å²) in [6.07, 6.45) is 13.4. The number of carbonyl (C=O) groups is 2. The van der Waals surface area contributed by atoms with Crippen LogP contribution in [-0.4, -0.2) is 48.7 Å². The molecule has 0 aromatic carbocycles. The Morgan fingerprint density at radius 2 is 1.86 bits per heavy atom. The zero-order chi connectivity index (χ0) is 24.8. The number of amides is 1. The molecule has 5 rings (SSSR count). The molecule has 4 saturated carbocycles. The lowest BCUT2D eigenvalue weighted by Crippen LogP contribution is -2.53. The van der Waals surface area contributed by atoms with Gasteiger partial charge in [0.05, 0.1) is 5.71 Å². The number of carbonyl (C=O) groups excluding carboxylic acids is 2. The molecule has 8 atom stereocenters. The standard InChI is InChI=1S/C29H47N3O3/c1-19(31-35-27(34)32(4)18-21-7-5-6-16-30-21)24-10-11-25-23-9-8-20-17-22(33)12-14-28(20,2)26(23)13-15-29(24,25)3/h20-21,23-26,30H,5-18H2,1-4H3/b31-19+/t20-,21?,23+,24-,25+,26+,28+,29-/m1/s1. The monoisotopic (exact) mass is 485 g/mol. The van der Waals surface area contributed by atoms with Crippen LogP contribution in [0.2, 0.25) is 0 Å². The first-order chi connectivity index (χ1) is 16.7. The molecule has 1 unspecified atom stereocenters. The van der Waals surface area contributed by atoms with Crippen LogP contribution in [0.25, 0.3) is 0 Å². The maximum absolute atomic E-state index is 12.6. The van der Waals surface area contributed by atoms with Crippen molar-refractivity contribution >= 4 is 17.6 Å². The van der Waals surface area contributed by atoms with Gasteiger partial charge >= 0.3 is 6.09 Å². The maximum atomic E-state index is 12.6. The number of Topliss-reactive ketones (excluding diaryl/α,β-unsaturated/α-hetero) is 1. The fourth-order valence-electron chi connectivity index (χ4n) is 9.46. The minimum Gasteiger partial charge on any atom is -0.312 e. The Kier molecular flexibility index (Phi) is 7.06. The highest BCUT2D eigenvalue weighted by Gasteiger charge is 2.60. The molecule has 0 spiro atoms. The first-order valence-electron chi connectivity index (χ1n) is 14.4. The molecule has 6 nitrogen and oxygen atoms in total. The molecule has 1 heterocycles. The first kappa shape index (κ1) is 25.2. The van der Waals surface area contributed by atoms with Crippen LogP contribution in [-0.2, 0) is 9.63 Å². The normalized spacial score (nSPS) is 43.7. The van der Waals surface area contributed by atoms with Gasteiger partial charge in [-0.15, -0.1) is 0 Å². The van der Waals surface area contributed by atoms with Crippen LogP contribution >= 0.6 is 0 Å². The van der Waals surface area contributed by atoms with Crippen LogP contribution < -0.4 is 5.32 Å². The van der Waals surface area contributed by atoms with Crippen molar-refractivity contribution < 1.29 is 14.4 Å². The molecule has 1 aliphatic heterocycles. The molecule has 4 aliphatic carbocycles. The van der Waals surface area contributed by atoms with E-state index in [4.69, 9.17) is 4.84 Å². The largest absolute Gasteiger partial charge is 0.435 e.